The fourth-order valence-corrected chi connectivity index (χ4v) is 7.49. The molecule has 12 heteroatoms. The topological polar surface area (TPSA) is 146 Å². The normalized spacial score (nSPS) is 15.6. The number of hydrogen-bond donors (Lipinski definition) is 4. The Bertz CT molecular complexity index is 2630. The van der Waals surface area contributed by atoms with Crippen LogP contribution < -0.4 is 21.3 Å². The van der Waals surface area contributed by atoms with Gasteiger partial charge in [0.2, 0.25) is 11.8 Å². The average Bonchev–Trinajstić information content (AvgIpc) is 4.11. The van der Waals surface area contributed by atoms with Crippen LogP contribution >= 0.6 is 11.6 Å². The second-order valence-electron chi connectivity index (χ2n) is 14.5. The molecule has 0 bridgehead atoms. The summed E-state index contributed by atoms with van der Waals surface area (Å²) < 4.78 is 11.9. The van der Waals surface area contributed by atoms with Crippen LogP contribution in [-0.2, 0) is 19.2 Å². The second-order valence-corrected chi connectivity index (χ2v) is 14.9. The molecule has 4 aromatic carbocycles. The third kappa shape index (κ3) is 9.50. The number of carbonyl (C=O) groups excluding carboxylic acids is 4. The second kappa shape index (κ2) is 18.3. The Kier molecular flexibility index (Phi) is 12.2. The van der Waals surface area contributed by atoms with E-state index in [4.69, 9.17) is 20.4 Å². The highest BCUT2D eigenvalue weighted by Gasteiger charge is 2.25. The summed E-state index contributed by atoms with van der Waals surface area (Å²) in [5, 5.41) is 11.5. The molecule has 11 nitrogen and oxygen atoms in total. The lowest BCUT2D eigenvalue weighted by atomic mass is 10.1. The quantitative estimate of drug-likeness (QED) is 0.0752. The summed E-state index contributed by atoms with van der Waals surface area (Å²) in [6, 6.07) is 37.5. The summed E-state index contributed by atoms with van der Waals surface area (Å²) >= 11 is 5.59. The average molecular weight is 820 g/mol. The number of fused-ring (bicyclic) bond motifs is 2. The standard InChI is InChI=1S/C26H25N3O3.C22H17ClN2O3/c30-25(12-15-29-13-3-4-14-29)27-19-7-5-6-18(16-19)24-11-10-20(32-24)17-22-21-8-1-2-9-23(21)28-26(22)31;23-11-10-21(26)24-15-5-3-4-14(12-15)20-9-8-16(28-20)13-18-17-6-1-2-7-19(17)25-22(18)27/h1-2,5-11,16-17H,3-4,12-15H2,(H,27,30)(H,28,31);1-9,12-13H,10-11H2,(H,24,26)(H,25,27)/b22-17+;18-13+. The lowest BCUT2D eigenvalue weighted by molar-refractivity contribution is -0.117. The molecular formula is C48H42ClN5O6. The van der Waals surface area contributed by atoms with E-state index in [1.807, 2.05) is 115 Å². The molecule has 3 aliphatic heterocycles. The van der Waals surface area contributed by atoms with Crippen molar-refractivity contribution < 1.29 is 28.0 Å². The molecule has 0 unspecified atom stereocenters. The third-order valence-electron chi connectivity index (χ3n) is 10.3. The zero-order valence-electron chi connectivity index (χ0n) is 32.6. The molecule has 0 atom stereocenters. The number of likely N-dealkylation sites (tertiary alicyclic amines) is 1. The number of hydrogen-bond acceptors (Lipinski definition) is 7. The van der Waals surface area contributed by atoms with Gasteiger partial charge in [0, 0.05) is 70.3 Å². The molecule has 1 saturated heterocycles. The smallest absolute Gasteiger partial charge is 0.256 e. The van der Waals surface area contributed by atoms with Crippen LogP contribution in [0.4, 0.5) is 22.7 Å². The molecule has 4 amide bonds. The van der Waals surface area contributed by atoms with E-state index in [2.05, 4.69) is 26.2 Å². The number of anilines is 4. The highest BCUT2D eigenvalue weighted by Crippen LogP contribution is 2.35. The van der Waals surface area contributed by atoms with Crippen molar-refractivity contribution in [3.05, 3.63) is 144 Å². The molecule has 0 spiro atoms. The van der Waals surface area contributed by atoms with Crippen LogP contribution in [0, 0.1) is 0 Å². The van der Waals surface area contributed by atoms with Gasteiger partial charge in [0.05, 0.1) is 11.1 Å². The van der Waals surface area contributed by atoms with Gasteiger partial charge in [-0.15, -0.1) is 11.6 Å². The lowest BCUT2D eigenvalue weighted by Crippen LogP contribution is -2.25. The van der Waals surface area contributed by atoms with Crippen molar-refractivity contribution in [3.8, 4) is 22.6 Å². The highest BCUT2D eigenvalue weighted by molar-refractivity contribution is 6.35. The Labute approximate surface area is 352 Å². The fourth-order valence-electron chi connectivity index (χ4n) is 7.32. The van der Waals surface area contributed by atoms with Crippen LogP contribution in [0.1, 0.15) is 48.3 Å². The maximum atomic E-state index is 12.3. The zero-order valence-corrected chi connectivity index (χ0v) is 33.4. The SMILES string of the molecule is O=C(CCCl)Nc1cccc(-c2ccc(/C=C3/C(=O)Nc4ccccc43)o2)c1.O=C(CCN1CCCC1)Nc1cccc(-c2ccc(/C=C3/C(=O)Nc4ccccc43)o2)c1. The van der Waals surface area contributed by atoms with Gasteiger partial charge in [-0.1, -0.05) is 60.7 Å². The van der Waals surface area contributed by atoms with Gasteiger partial charge in [0.1, 0.15) is 23.0 Å². The molecule has 4 N–H and O–H groups in total. The van der Waals surface area contributed by atoms with E-state index in [0.717, 1.165) is 59.0 Å². The minimum absolute atomic E-state index is 0.0184. The number of furan rings is 2. The van der Waals surface area contributed by atoms with Crippen molar-refractivity contribution in [3.63, 3.8) is 0 Å². The van der Waals surface area contributed by atoms with Crippen LogP contribution in [0.2, 0.25) is 0 Å². The number of amides is 4. The van der Waals surface area contributed by atoms with Gasteiger partial charge in [-0.25, -0.2) is 0 Å². The number of alkyl halides is 1. The van der Waals surface area contributed by atoms with Crippen molar-refractivity contribution in [1.82, 2.24) is 4.90 Å². The number of nitrogens with one attached hydrogen (secondary N) is 4. The van der Waals surface area contributed by atoms with Crippen molar-refractivity contribution in [2.75, 3.05) is 46.8 Å². The third-order valence-corrected chi connectivity index (χ3v) is 10.5. The maximum absolute atomic E-state index is 12.3. The zero-order chi connectivity index (χ0) is 41.4. The van der Waals surface area contributed by atoms with E-state index < -0.39 is 0 Å². The molecule has 6 aromatic rings. The first-order chi connectivity index (χ1) is 29.3. The lowest BCUT2D eigenvalue weighted by Gasteiger charge is -2.14. The Hall–Kier alpha value is -6.95. The van der Waals surface area contributed by atoms with Crippen molar-refractivity contribution >= 4 is 81.3 Å². The summed E-state index contributed by atoms with van der Waals surface area (Å²) in [6.07, 6.45) is 6.69. The molecule has 0 saturated carbocycles. The molecule has 5 heterocycles. The summed E-state index contributed by atoms with van der Waals surface area (Å²) in [5.41, 5.74) is 7.59. The molecule has 0 aliphatic carbocycles. The van der Waals surface area contributed by atoms with Crippen molar-refractivity contribution in [1.29, 1.82) is 0 Å². The van der Waals surface area contributed by atoms with E-state index in [0.29, 0.717) is 46.3 Å². The summed E-state index contributed by atoms with van der Waals surface area (Å²) in [7, 11) is 0. The van der Waals surface area contributed by atoms with Crippen molar-refractivity contribution in [2.24, 2.45) is 0 Å². The van der Waals surface area contributed by atoms with Crippen molar-refractivity contribution in [2.45, 2.75) is 25.7 Å². The number of benzene rings is 4. The van der Waals surface area contributed by atoms with Gasteiger partial charge in [0.25, 0.3) is 11.8 Å². The molecule has 60 heavy (non-hydrogen) atoms. The Morgan fingerprint density at radius 1 is 0.617 bits per heavy atom. The van der Waals surface area contributed by atoms with Crippen LogP contribution in [0.5, 0.6) is 0 Å². The minimum atomic E-state index is -0.150. The van der Waals surface area contributed by atoms with Crippen LogP contribution in [0.25, 0.3) is 45.9 Å². The Morgan fingerprint density at radius 2 is 1.10 bits per heavy atom. The van der Waals surface area contributed by atoms with E-state index in [1.165, 1.54) is 12.8 Å². The van der Waals surface area contributed by atoms with Gasteiger partial charge >= 0.3 is 0 Å². The van der Waals surface area contributed by atoms with E-state index >= 15 is 0 Å². The first-order valence-electron chi connectivity index (χ1n) is 19.8. The molecule has 9 rings (SSSR count). The summed E-state index contributed by atoms with van der Waals surface area (Å²) in [6.45, 7) is 2.98. The molecule has 302 valence electrons. The molecule has 3 aliphatic rings. The molecule has 0 radical (unpaired) electrons. The van der Waals surface area contributed by atoms with Crippen LogP contribution in [-0.4, -0.2) is 54.0 Å². The van der Waals surface area contributed by atoms with Gasteiger partial charge < -0.3 is 35.0 Å². The van der Waals surface area contributed by atoms with Gasteiger partial charge in [-0.3, -0.25) is 19.2 Å². The predicted molar refractivity (Wildman–Crippen MR) is 237 cm³/mol. The summed E-state index contributed by atoms with van der Waals surface area (Å²) in [4.78, 5) is 51.0. The number of para-hydroxylation sites is 2. The van der Waals surface area contributed by atoms with E-state index in [1.54, 1.807) is 18.2 Å². The number of nitrogens with zero attached hydrogens (tertiary/aromatic N) is 1. The summed E-state index contributed by atoms with van der Waals surface area (Å²) in [5.74, 6) is 2.37. The minimum Gasteiger partial charge on any atom is -0.457 e. The first-order valence-corrected chi connectivity index (χ1v) is 20.4. The fraction of sp³-hybridized carbons (Fsp3) is 0.167. The molecule has 1 fully saturated rings. The maximum Gasteiger partial charge on any atom is 0.256 e. The van der Waals surface area contributed by atoms with Crippen LogP contribution in [0.15, 0.2) is 130 Å². The highest BCUT2D eigenvalue weighted by atomic mass is 35.5. The van der Waals surface area contributed by atoms with Gasteiger partial charge in [-0.2, -0.15) is 0 Å². The predicted octanol–water partition coefficient (Wildman–Crippen LogP) is 9.87. The van der Waals surface area contributed by atoms with E-state index in [-0.39, 0.29) is 35.9 Å². The Balaban J connectivity index is 0.000000168. The Morgan fingerprint density at radius 3 is 1.60 bits per heavy atom. The van der Waals surface area contributed by atoms with Gasteiger partial charge in [-0.05, 0) is 98.7 Å². The van der Waals surface area contributed by atoms with Gasteiger partial charge in [0.15, 0.2) is 0 Å². The molecule has 2 aromatic heterocycles. The largest absolute Gasteiger partial charge is 0.457 e. The van der Waals surface area contributed by atoms with E-state index in [9.17, 15) is 19.2 Å². The monoisotopic (exact) mass is 819 g/mol. The number of rotatable bonds is 11. The first kappa shape index (κ1) is 39.9. The molecular weight excluding hydrogens is 778 g/mol. The number of carbonyl (C=O) groups is 4. The van der Waals surface area contributed by atoms with Crippen LogP contribution in [0.3, 0.4) is 0 Å². The number of halogens is 1.